The number of benzene rings is 2. The van der Waals surface area contributed by atoms with Crippen molar-refractivity contribution in [3.8, 4) is 0 Å². The number of carbonyl (C=O) groups excluding carboxylic acids is 1. The van der Waals surface area contributed by atoms with Crippen LogP contribution in [0.15, 0.2) is 53.7 Å². The zero-order chi connectivity index (χ0) is 19.7. The fourth-order valence-corrected chi connectivity index (χ4v) is 4.35. The van der Waals surface area contributed by atoms with E-state index in [1.165, 1.54) is 17.3 Å². The number of amides is 1. The Morgan fingerprint density at radius 3 is 2.57 bits per heavy atom. The van der Waals surface area contributed by atoms with E-state index in [9.17, 15) is 4.79 Å². The van der Waals surface area contributed by atoms with Crippen molar-refractivity contribution in [3.63, 3.8) is 0 Å². The van der Waals surface area contributed by atoms with E-state index in [0.29, 0.717) is 16.7 Å². The van der Waals surface area contributed by atoms with Gasteiger partial charge in [0.2, 0.25) is 11.1 Å². The van der Waals surface area contributed by atoms with Crippen LogP contribution in [0, 0.1) is 13.8 Å². The van der Waals surface area contributed by atoms with E-state index in [4.69, 9.17) is 11.6 Å². The van der Waals surface area contributed by atoms with Crippen LogP contribution < -0.4 is 10.7 Å². The molecule has 0 saturated carbocycles. The zero-order valence-corrected chi connectivity index (χ0v) is 17.1. The van der Waals surface area contributed by atoms with Crippen LogP contribution in [-0.4, -0.2) is 26.0 Å². The molecule has 0 fully saturated rings. The number of aromatic nitrogens is 3. The molecule has 1 aliphatic rings. The summed E-state index contributed by atoms with van der Waals surface area (Å²) in [6, 6.07) is 15.4. The van der Waals surface area contributed by atoms with Crippen molar-refractivity contribution in [2.75, 3.05) is 5.43 Å². The van der Waals surface area contributed by atoms with Crippen molar-refractivity contribution in [1.29, 1.82) is 0 Å². The molecule has 2 atom stereocenters. The molecule has 144 valence electrons. The van der Waals surface area contributed by atoms with Crippen molar-refractivity contribution in [3.05, 3.63) is 76.1 Å². The van der Waals surface area contributed by atoms with Crippen LogP contribution in [0.25, 0.3) is 0 Å². The minimum atomic E-state index is -0.386. The number of hydrogen-bond acceptors (Lipinski definition) is 5. The third-order valence-electron chi connectivity index (χ3n) is 4.67. The summed E-state index contributed by atoms with van der Waals surface area (Å²) >= 11 is 7.45. The van der Waals surface area contributed by atoms with Crippen LogP contribution in [0.2, 0.25) is 5.02 Å². The van der Waals surface area contributed by atoms with Gasteiger partial charge in [0, 0.05) is 11.6 Å². The van der Waals surface area contributed by atoms with Crippen molar-refractivity contribution < 1.29 is 4.79 Å². The number of carbonyl (C=O) groups is 1. The van der Waals surface area contributed by atoms with Gasteiger partial charge < -0.3 is 10.7 Å². The Balaban J connectivity index is 1.57. The van der Waals surface area contributed by atoms with Gasteiger partial charge in [-0.1, -0.05) is 65.3 Å². The molecule has 0 aliphatic carbocycles. The van der Waals surface area contributed by atoms with Gasteiger partial charge in [-0.2, -0.15) is 0 Å². The fraction of sp³-hybridized carbons (Fsp3) is 0.250. The molecule has 1 aliphatic heterocycles. The number of nitrogens with one attached hydrogen (secondary N) is 2. The molecule has 1 amide bonds. The number of hydrogen-bond donors (Lipinski definition) is 2. The molecule has 6 nitrogen and oxygen atoms in total. The summed E-state index contributed by atoms with van der Waals surface area (Å²) in [7, 11) is 0. The zero-order valence-electron chi connectivity index (χ0n) is 15.5. The first-order valence-electron chi connectivity index (χ1n) is 8.95. The first-order chi connectivity index (χ1) is 13.5. The maximum Gasteiger partial charge on any atom is 0.236 e. The third kappa shape index (κ3) is 3.86. The predicted octanol–water partition coefficient (Wildman–Crippen LogP) is 3.62. The van der Waals surface area contributed by atoms with Crippen LogP contribution in [-0.2, 0) is 11.3 Å². The highest BCUT2D eigenvalue weighted by molar-refractivity contribution is 8.00. The van der Waals surface area contributed by atoms with E-state index in [0.717, 1.165) is 17.0 Å². The number of halogens is 1. The first-order valence-corrected chi connectivity index (χ1v) is 10.2. The minimum absolute atomic E-state index is 0.0510. The summed E-state index contributed by atoms with van der Waals surface area (Å²) in [6.45, 7) is 4.40. The molecule has 1 aromatic heterocycles. The van der Waals surface area contributed by atoms with E-state index in [1.54, 1.807) is 0 Å². The molecule has 0 saturated heterocycles. The van der Waals surface area contributed by atoms with Crippen LogP contribution in [0.1, 0.15) is 28.6 Å². The molecular formula is C20H20ClN5OS. The maximum atomic E-state index is 13.1. The molecule has 2 N–H and O–H groups in total. The average molecular weight is 414 g/mol. The highest BCUT2D eigenvalue weighted by Crippen LogP contribution is 2.37. The molecule has 2 heterocycles. The number of thioether (sulfide) groups is 1. The van der Waals surface area contributed by atoms with Gasteiger partial charge in [0.15, 0.2) is 0 Å². The van der Waals surface area contributed by atoms with Gasteiger partial charge in [0.1, 0.15) is 11.1 Å². The lowest BCUT2D eigenvalue weighted by Gasteiger charge is -2.32. The van der Waals surface area contributed by atoms with E-state index < -0.39 is 0 Å². The highest BCUT2D eigenvalue weighted by atomic mass is 35.5. The predicted molar refractivity (Wildman–Crippen MR) is 111 cm³/mol. The summed E-state index contributed by atoms with van der Waals surface area (Å²) < 4.78 is 1.83. The molecule has 3 aromatic rings. The summed E-state index contributed by atoms with van der Waals surface area (Å²) in [5.74, 6) is 0.699. The average Bonchev–Trinajstić information content (AvgIpc) is 3.07. The summed E-state index contributed by atoms with van der Waals surface area (Å²) in [4.78, 5) is 13.1. The topological polar surface area (TPSA) is 71.8 Å². The van der Waals surface area contributed by atoms with E-state index >= 15 is 0 Å². The van der Waals surface area contributed by atoms with Gasteiger partial charge in [-0.05, 0) is 37.1 Å². The monoisotopic (exact) mass is 413 g/mol. The number of aryl methyl sites for hydroxylation is 2. The van der Waals surface area contributed by atoms with Crippen molar-refractivity contribution in [1.82, 2.24) is 20.2 Å². The quantitative estimate of drug-likeness (QED) is 0.683. The standard InChI is InChI=1S/C20H20ClN5OS/c1-12-3-5-14(6-4-12)11-22-19(27)18-17(15-7-9-16(21)10-8-15)25-26-13(2)23-24-20(26)28-18/h3-10,17-18,25H,11H2,1-2H3,(H,22,27)/t17-,18+/m0/s1. The molecule has 0 radical (unpaired) electrons. The lowest BCUT2D eigenvalue weighted by Crippen LogP contribution is -2.44. The van der Waals surface area contributed by atoms with Gasteiger partial charge in [-0.3, -0.25) is 4.79 Å². The van der Waals surface area contributed by atoms with Crippen molar-refractivity contribution in [2.24, 2.45) is 0 Å². The smallest absolute Gasteiger partial charge is 0.236 e. The van der Waals surface area contributed by atoms with E-state index in [1.807, 2.05) is 67.1 Å². The van der Waals surface area contributed by atoms with Crippen LogP contribution in [0.5, 0.6) is 0 Å². The summed E-state index contributed by atoms with van der Waals surface area (Å²) in [5, 5.41) is 12.3. The minimum Gasteiger partial charge on any atom is -0.351 e. The van der Waals surface area contributed by atoms with Crippen molar-refractivity contribution in [2.45, 2.75) is 36.8 Å². The van der Waals surface area contributed by atoms with Crippen LogP contribution in [0.4, 0.5) is 0 Å². The Morgan fingerprint density at radius 1 is 1.14 bits per heavy atom. The molecular weight excluding hydrogens is 394 g/mol. The molecule has 0 unspecified atom stereocenters. The molecule has 8 heteroatoms. The van der Waals surface area contributed by atoms with E-state index in [-0.39, 0.29) is 17.2 Å². The molecule has 2 aromatic carbocycles. The first kappa shape index (κ1) is 18.8. The highest BCUT2D eigenvalue weighted by Gasteiger charge is 2.37. The SMILES string of the molecule is Cc1ccc(CNC(=O)[C@@H]2Sc3nnc(C)n3N[C@H]2c2ccc(Cl)cc2)cc1. The second kappa shape index (κ2) is 7.85. The Bertz CT molecular complexity index is 987. The third-order valence-corrected chi connectivity index (χ3v) is 6.14. The second-order valence-corrected chi connectivity index (χ2v) is 8.31. The molecule has 28 heavy (non-hydrogen) atoms. The Morgan fingerprint density at radius 2 is 1.86 bits per heavy atom. The van der Waals surface area contributed by atoms with Gasteiger partial charge >= 0.3 is 0 Å². The molecule has 4 rings (SSSR count). The van der Waals surface area contributed by atoms with Crippen molar-refractivity contribution >= 4 is 29.3 Å². The number of nitrogens with zero attached hydrogens (tertiary/aromatic N) is 3. The van der Waals surface area contributed by atoms with E-state index in [2.05, 4.69) is 20.9 Å². The Hall–Kier alpha value is -2.51. The van der Waals surface area contributed by atoms with Gasteiger partial charge in [-0.15, -0.1) is 10.2 Å². The van der Waals surface area contributed by atoms with Gasteiger partial charge in [0.25, 0.3) is 0 Å². The normalized spacial score (nSPS) is 18.2. The maximum absolute atomic E-state index is 13.1. The summed E-state index contributed by atoms with van der Waals surface area (Å²) in [6.07, 6.45) is 0. The van der Waals surface area contributed by atoms with Gasteiger partial charge in [-0.25, -0.2) is 4.68 Å². The largest absolute Gasteiger partial charge is 0.351 e. The summed E-state index contributed by atoms with van der Waals surface area (Å²) in [5.41, 5.74) is 6.62. The Kier molecular flexibility index (Phi) is 5.28. The van der Waals surface area contributed by atoms with Gasteiger partial charge in [0.05, 0.1) is 6.04 Å². The molecule has 0 bridgehead atoms. The lowest BCUT2D eigenvalue weighted by molar-refractivity contribution is -0.121. The lowest BCUT2D eigenvalue weighted by atomic mass is 10.0. The number of rotatable bonds is 4. The fourth-order valence-electron chi connectivity index (χ4n) is 3.08. The van der Waals surface area contributed by atoms with Crippen LogP contribution >= 0.6 is 23.4 Å². The molecule has 0 spiro atoms. The second-order valence-electron chi connectivity index (χ2n) is 6.77. The van der Waals surface area contributed by atoms with Crippen LogP contribution in [0.3, 0.4) is 0 Å². The number of fused-ring (bicyclic) bond motifs is 1. The Labute approximate surface area is 172 Å².